The molecule has 0 radical (unpaired) electrons. The zero-order valence-corrected chi connectivity index (χ0v) is 17.1. The molecule has 0 unspecified atom stereocenters. The van der Waals surface area contributed by atoms with Crippen LogP contribution in [0.1, 0.15) is 62.6 Å². The lowest BCUT2D eigenvalue weighted by molar-refractivity contribution is 0.251. The Morgan fingerprint density at radius 1 is 1.21 bits per heavy atom. The molecule has 2 aliphatic carbocycles. The number of aryl methyl sites for hydroxylation is 1. The molecule has 8 heteroatoms. The molecule has 0 aliphatic heterocycles. The van der Waals surface area contributed by atoms with Gasteiger partial charge in [-0.3, -0.25) is 0 Å². The first-order chi connectivity index (χ1) is 14.0. The molecule has 2 saturated carbocycles. The molecule has 4 rings (SSSR count). The number of halogens is 1. The number of carbonyl (C=O) groups is 1. The molecule has 2 amide bonds. The third-order valence-corrected chi connectivity index (χ3v) is 5.96. The third-order valence-electron chi connectivity index (χ3n) is 5.96. The molecule has 1 heterocycles. The lowest BCUT2D eigenvalue weighted by Crippen LogP contribution is -2.34. The molecule has 2 N–H and O–H groups in total. The van der Waals surface area contributed by atoms with Crippen LogP contribution in [0.15, 0.2) is 18.2 Å². The van der Waals surface area contributed by atoms with Gasteiger partial charge in [0.05, 0.1) is 12.2 Å². The fraction of sp³-hybridized carbons (Fsp3) is 0.571. The van der Waals surface area contributed by atoms with Crippen molar-refractivity contribution < 1.29 is 9.18 Å². The molecule has 7 nitrogen and oxygen atoms in total. The summed E-state index contributed by atoms with van der Waals surface area (Å²) in [6, 6.07) is 5.31. The first-order valence-corrected chi connectivity index (χ1v) is 10.5. The quantitative estimate of drug-likeness (QED) is 0.764. The van der Waals surface area contributed by atoms with Gasteiger partial charge in [-0.1, -0.05) is 19.3 Å². The van der Waals surface area contributed by atoms with E-state index < -0.39 is 0 Å². The van der Waals surface area contributed by atoms with E-state index in [1.165, 1.54) is 25.3 Å². The van der Waals surface area contributed by atoms with Crippen LogP contribution < -0.4 is 15.5 Å². The third kappa shape index (κ3) is 4.52. The summed E-state index contributed by atoms with van der Waals surface area (Å²) in [6.45, 7) is 2.21. The number of nitrogens with one attached hydrogen (secondary N) is 2. The molecule has 156 valence electrons. The molecule has 0 saturated heterocycles. The van der Waals surface area contributed by atoms with Crippen LogP contribution in [0.25, 0.3) is 0 Å². The van der Waals surface area contributed by atoms with Crippen molar-refractivity contribution in [3.8, 4) is 0 Å². The van der Waals surface area contributed by atoms with Gasteiger partial charge in [-0.25, -0.2) is 9.18 Å². The summed E-state index contributed by atoms with van der Waals surface area (Å²) < 4.78 is 16.8. The van der Waals surface area contributed by atoms with Crippen molar-refractivity contribution in [1.82, 2.24) is 20.1 Å². The van der Waals surface area contributed by atoms with Gasteiger partial charge in [0.2, 0.25) is 0 Å². The number of benzene rings is 1. The van der Waals surface area contributed by atoms with E-state index in [1.807, 2.05) is 18.9 Å². The molecule has 0 atom stereocenters. The van der Waals surface area contributed by atoms with Crippen molar-refractivity contribution in [2.45, 2.75) is 70.5 Å². The standard InChI is InChI=1S/C21H29FN6O/c1-14-25-26-20(28(14)17-9-10-17)13-23-21(29)24-15-8-11-19(18(22)12-15)27(2)16-6-4-3-5-7-16/h8,11-12,16-17H,3-7,9-10,13H2,1-2H3,(H2,23,24,29). The van der Waals surface area contributed by atoms with Crippen LogP contribution in [0.5, 0.6) is 0 Å². The Balaban J connectivity index is 1.34. The van der Waals surface area contributed by atoms with Gasteiger partial charge in [-0.15, -0.1) is 10.2 Å². The average molecular weight is 401 g/mol. The summed E-state index contributed by atoms with van der Waals surface area (Å²) in [4.78, 5) is 14.3. The van der Waals surface area contributed by atoms with E-state index in [9.17, 15) is 9.18 Å². The van der Waals surface area contributed by atoms with Crippen LogP contribution in [-0.2, 0) is 6.54 Å². The summed E-state index contributed by atoms with van der Waals surface area (Å²) in [7, 11) is 1.95. The monoisotopic (exact) mass is 400 g/mol. The van der Waals surface area contributed by atoms with Crippen LogP contribution in [0.4, 0.5) is 20.6 Å². The Morgan fingerprint density at radius 3 is 2.66 bits per heavy atom. The molecule has 0 bridgehead atoms. The number of carbonyl (C=O) groups excluding carboxylic acids is 1. The second-order valence-corrected chi connectivity index (χ2v) is 8.14. The Morgan fingerprint density at radius 2 is 1.97 bits per heavy atom. The maximum absolute atomic E-state index is 14.7. The van der Waals surface area contributed by atoms with E-state index in [2.05, 4.69) is 25.4 Å². The van der Waals surface area contributed by atoms with Gasteiger partial charge < -0.3 is 20.1 Å². The topological polar surface area (TPSA) is 75.1 Å². The first-order valence-electron chi connectivity index (χ1n) is 10.5. The lowest BCUT2D eigenvalue weighted by Gasteiger charge is -2.33. The largest absolute Gasteiger partial charge is 0.369 e. The fourth-order valence-corrected chi connectivity index (χ4v) is 4.21. The average Bonchev–Trinajstić information content (AvgIpc) is 3.49. The highest BCUT2D eigenvalue weighted by molar-refractivity contribution is 5.89. The van der Waals surface area contributed by atoms with Crippen LogP contribution in [0.2, 0.25) is 0 Å². The normalized spacial score (nSPS) is 17.2. The van der Waals surface area contributed by atoms with E-state index in [0.29, 0.717) is 23.5 Å². The minimum absolute atomic E-state index is 0.286. The molecule has 29 heavy (non-hydrogen) atoms. The fourth-order valence-electron chi connectivity index (χ4n) is 4.21. The van der Waals surface area contributed by atoms with Gasteiger partial charge in [0.25, 0.3) is 0 Å². The van der Waals surface area contributed by atoms with E-state index in [-0.39, 0.29) is 18.4 Å². The van der Waals surface area contributed by atoms with Crippen molar-refractivity contribution in [2.75, 3.05) is 17.3 Å². The van der Waals surface area contributed by atoms with Gasteiger partial charge in [0, 0.05) is 24.8 Å². The highest BCUT2D eigenvalue weighted by Gasteiger charge is 2.28. The number of nitrogens with zero attached hydrogens (tertiary/aromatic N) is 4. The van der Waals surface area contributed by atoms with Gasteiger partial charge >= 0.3 is 6.03 Å². The van der Waals surface area contributed by atoms with Crippen LogP contribution in [0.3, 0.4) is 0 Å². The van der Waals surface area contributed by atoms with Crippen molar-refractivity contribution >= 4 is 17.4 Å². The Hall–Kier alpha value is -2.64. The summed E-state index contributed by atoms with van der Waals surface area (Å²) in [5.74, 6) is 1.29. The number of hydrogen-bond acceptors (Lipinski definition) is 4. The number of aromatic nitrogens is 3. The SMILES string of the molecule is Cc1nnc(CNC(=O)Nc2ccc(N(C)C3CCCCC3)c(F)c2)n1C1CC1. The predicted molar refractivity (Wildman–Crippen MR) is 111 cm³/mol. The number of anilines is 2. The summed E-state index contributed by atoms with van der Waals surface area (Å²) in [5.41, 5.74) is 1.01. The highest BCUT2D eigenvalue weighted by Crippen LogP contribution is 2.36. The molecule has 0 spiro atoms. The maximum atomic E-state index is 14.7. The van der Waals surface area contributed by atoms with Gasteiger partial charge in [0.1, 0.15) is 11.6 Å². The molecule has 2 aliphatic rings. The van der Waals surface area contributed by atoms with Gasteiger partial charge in [-0.05, 0) is 50.8 Å². The van der Waals surface area contributed by atoms with Crippen molar-refractivity contribution in [2.24, 2.45) is 0 Å². The van der Waals surface area contributed by atoms with E-state index in [0.717, 1.165) is 37.3 Å². The van der Waals surface area contributed by atoms with Crippen LogP contribution >= 0.6 is 0 Å². The summed E-state index contributed by atoms with van der Waals surface area (Å²) in [5, 5.41) is 13.7. The first kappa shape index (κ1) is 19.7. The Labute approximate surface area is 170 Å². The van der Waals surface area contributed by atoms with Gasteiger partial charge in [-0.2, -0.15) is 0 Å². The second-order valence-electron chi connectivity index (χ2n) is 8.14. The maximum Gasteiger partial charge on any atom is 0.319 e. The molecule has 2 fully saturated rings. The predicted octanol–water partition coefficient (Wildman–Crippen LogP) is 4.15. The molecular formula is C21H29FN6O. The highest BCUT2D eigenvalue weighted by atomic mass is 19.1. The van der Waals surface area contributed by atoms with Crippen molar-refractivity contribution in [3.05, 3.63) is 35.7 Å². The number of urea groups is 1. The molecular weight excluding hydrogens is 371 g/mol. The number of hydrogen-bond donors (Lipinski definition) is 2. The van der Waals surface area contributed by atoms with E-state index in [1.54, 1.807) is 12.1 Å². The Kier molecular flexibility index (Phi) is 5.69. The zero-order chi connectivity index (χ0) is 20.4. The smallest absolute Gasteiger partial charge is 0.319 e. The second kappa shape index (κ2) is 8.39. The number of rotatable bonds is 6. The molecule has 1 aromatic heterocycles. The molecule has 2 aromatic rings. The van der Waals surface area contributed by atoms with E-state index >= 15 is 0 Å². The Bertz CT molecular complexity index is 872. The van der Waals surface area contributed by atoms with Gasteiger partial charge in [0.15, 0.2) is 5.82 Å². The van der Waals surface area contributed by atoms with Crippen LogP contribution in [-0.4, -0.2) is 33.9 Å². The lowest BCUT2D eigenvalue weighted by atomic mass is 9.94. The van der Waals surface area contributed by atoms with Crippen molar-refractivity contribution in [1.29, 1.82) is 0 Å². The number of amides is 2. The van der Waals surface area contributed by atoms with E-state index in [4.69, 9.17) is 0 Å². The molecule has 1 aromatic carbocycles. The van der Waals surface area contributed by atoms with Crippen molar-refractivity contribution in [3.63, 3.8) is 0 Å². The summed E-state index contributed by atoms with van der Waals surface area (Å²) in [6.07, 6.45) is 8.11. The minimum atomic E-state index is -0.388. The summed E-state index contributed by atoms with van der Waals surface area (Å²) >= 11 is 0. The van der Waals surface area contributed by atoms with Crippen LogP contribution in [0, 0.1) is 12.7 Å². The zero-order valence-electron chi connectivity index (χ0n) is 17.1. The minimum Gasteiger partial charge on any atom is -0.369 e.